The summed E-state index contributed by atoms with van der Waals surface area (Å²) in [5.41, 5.74) is 2.82. The molecule has 0 radical (unpaired) electrons. The summed E-state index contributed by atoms with van der Waals surface area (Å²) < 4.78 is 1.78. The van der Waals surface area contributed by atoms with Crippen molar-refractivity contribution in [1.29, 1.82) is 0 Å². The Labute approximate surface area is 116 Å². The van der Waals surface area contributed by atoms with Gasteiger partial charge in [0.25, 0.3) is 0 Å². The van der Waals surface area contributed by atoms with Gasteiger partial charge in [-0.2, -0.15) is 0 Å². The molecular weight excluding hydrogens is 256 g/mol. The minimum absolute atomic E-state index is 0.108. The van der Waals surface area contributed by atoms with Crippen LogP contribution < -0.4 is 10.6 Å². The third kappa shape index (κ3) is 2.61. The zero-order valence-electron chi connectivity index (χ0n) is 11.2. The Morgan fingerprint density at radius 2 is 2.40 bits per heavy atom. The first kappa shape index (κ1) is 12.6. The van der Waals surface area contributed by atoms with E-state index >= 15 is 0 Å². The number of aryl methyl sites for hydroxylation is 2. The quantitative estimate of drug-likeness (QED) is 0.850. The molecule has 0 aliphatic heterocycles. The van der Waals surface area contributed by atoms with Crippen molar-refractivity contribution in [3.63, 3.8) is 0 Å². The van der Waals surface area contributed by atoms with Crippen molar-refractivity contribution in [1.82, 2.24) is 25.3 Å². The monoisotopic (exact) mass is 272 g/mol. The first-order chi connectivity index (χ1) is 9.72. The minimum atomic E-state index is -0.207. The number of amides is 2. The van der Waals surface area contributed by atoms with Crippen molar-refractivity contribution in [3.05, 3.63) is 35.9 Å². The molecule has 104 valence electrons. The van der Waals surface area contributed by atoms with Gasteiger partial charge in [0, 0.05) is 25.7 Å². The van der Waals surface area contributed by atoms with Crippen molar-refractivity contribution >= 4 is 11.7 Å². The van der Waals surface area contributed by atoms with Gasteiger partial charge in [-0.3, -0.25) is 9.67 Å². The Hall–Kier alpha value is -2.44. The second kappa shape index (κ2) is 5.28. The second-order valence-corrected chi connectivity index (χ2v) is 4.89. The number of urea groups is 1. The highest BCUT2D eigenvalue weighted by Gasteiger charge is 2.24. The molecule has 1 aliphatic rings. The molecule has 3 rings (SSSR count). The Kier molecular flexibility index (Phi) is 3.32. The Morgan fingerprint density at radius 3 is 3.20 bits per heavy atom. The topological polar surface area (TPSA) is 84.7 Å². The van der Waals surface area contributed by atoms with Crippen LogP contribution in [0.1, 0.15) is 17.8 Å². The van der Waals surface area contributed by atoms with Gasteiger partial charge in [-0.05, 0) is 25.0 Å². The number of hydrogen-bond acceptors (Lipinski definition) is 4. The number of carbonyl (C=O) groups is 1. The summed E-state index contributed by atoms with van der Waals surface area (Å²) in [5.74, 6) is 0. The van der Waals surface area contributed by atoms with Gasteiger partial charge in [0.2, 0.25) is 0 Å². The third-order valence-corrected chi connectivity index (χ3v) is 3.45. The molecule has 1 atom stereocenters. The summed E-state index contributed by atoms with van der Waals surface area (Å²) in [4.78, 5) is 15.9. The largest absolute Gasteiger partial charge is 0.335 e. The maximum Gasteiger partial charge on any atom is 0.319 e. The molecule has 2 N–H and O–H groups in total. The van der Waals surface area contributed by atoms with E-state index in [1.54, 1.807) is 29.2 Å². The van der Waals surface area contributed by atoms with Crippen molar-refractivity contribution in [2.75, 3.05) is 5.32 Å². The van der Waals surface area contributed by atoms with Crippen molar-refractivity contribution in [3.8, 4) is 0 Å². The summed E-state index contributed by atoms with van der Waals surface area (Å²) in [7, 11) is 1.88. The zero-order chi connectivity index (χ0) is 13.9. The molecule has 0 spiro atoms. The second-order valence-electron chi connectivity index (χ2n) is 4.89. The van der Waals surface area contributed by atoms with Crippen LogP contribution in [0.5, 0.6) is 0 Å². The zero-order valence-corrected chi connectivity index (χ0v) is 11.2. The Morgan fingerprint density at radius 1 is 1.50 bits per heavy atom. The highest BCUT2D eigenvalue weighted by molar-refractivity contribution is 5.89. The molecule has 2 aromatic heterocycles. The molecule has 20 heavy (non-hydrogen) atoms. The van der Waals surface area contributed by atoms with Gasteiger partial charge in [-0.1, -0.05) is 5.21 Å². The smallest absolute Gasteiger partial charge is 0.319 e. The summed E-state index contributed by atoms with van der Waals surface area (Å²) in [6, 6.07) is 3.48. The van der Waals surface area contributed by atoms with E-state index in [9.17, 15) is 4.79 Å². The van der Waals surface area contributed by atoms with Gasteiger partial charge >= 0.3 is 6.03 Å². The molecule has 0 saturated carbocycles. The molecule has 7 nitrogen and oxygen atoms in total. The summed E-state index contributed by atoms with van der Waals surface area (Å²) in [6.45, 7) is 0. The predicted octanol–water partition coefficient (Wildman–Crippen LogP) is 0.889. The molecule has 2 heterocycles. The van der Waals surface area contributed by atoms with E-state index in [-0.39, 0.29) is 12.1 Å². The number of pyridine rings is 1. The van der Waals surface area contributed by atoms with Crippen LogP contribution in [0.3, 0.4) is 0 Å². The van der Waals surface area contributed by atoms with E-state index in [1.165, 1.54) is 0 Å². The lowest BCUT2D eigenvalue weighted by Crippen LogP contribution is -2.41. The van der Waals surface area contributed by atoms with Gasteiger partial charge in [-0.15, -0.1) is 5.10 Å². The van der Waals surface area contributed by atoms with E-state index in [1.807, 2.05) is 7.05 Å². The molecule has 2 amide bonds. The van der Waals surface area contributed by atoms with Crippen LogP contribution in [-0.2, 0) is 19.9 Å². The standard InChI is InChI=1S/C13H16N6O/c1-19-12-7-9(4-5-11(12)17-18-19)15-13(20)16-10-3-2-6-14-8-10/h2-3,6,8-9H,4-5,7H2,1H3,(H2,15,16,20). The molecule has 0 bridgehead atoms. The van der Waals surface area contributed by atoms with Gasteiger partial charge < -0.3 is 10.6 Å². The van der Waals surface area contributed by atoms with E-state index in [4.69, 9.17) is 0 Å². The highest BCUT2D eigenvalue weighted by Crippen LogP contribution is 2.18. The van der Waals surface area contributed by atoms with Crippen LogP contribution >= 0.6 is 0 Å². The van der Waals surface area contributed by atoms with Crippen LogP contribution in [0.15, 0.2) is 24.5 Å². The van der Waals surface area contributed by atoms with Crippen molar-refractivity contribution in [2.45, 2.75) is 25.3 Å². The normalized spacial score (nSPS) is 17.4. The van der Waals surface area contributed by atoms with E-state index in [0.717, 1.165) is 30.7 Å². The minimum Gasteiger partial charge on any atom is -0.335 e. The Bertz CT molecular complexity index is 609. The average molecular weight is 272 g/mol. The SMILES string of the molecule is Cn1nnc2c1CC(NC(=O)Nc1cccnc1)CC2. The molecule has 0 aromatic carbocycles. The fourth-order valence-electron chi connectivity index (χ4n) is 2.42. The number of hydrogen-bond donors (Lipinski definition) is 2. The lowest BCUT2D eigenvalue weighted by molar-refractivity contribution is 0.247. The lowest BCUT2D eigenvalue weighted by atomic mass is 9.96. The van der Waals surface area contributed by atoms with Gasteiger partial charge in [0.05, 0.1) is 23.3 Å². The molecule has 1 aliphatic carbocycles. The van der Waals surface area contributed by atoms with Crippen molar-refractivity contribution in [2.24, 2.45) is 7.05 Å². The Balaban J connectivity index is 1.59. The molecule has 2 aromatic rings. The van der Waals surface area contributed by atoms with E-state index in [0.29, 0.717) is 5.69 Å². The first-order valence-electron chi connectivity index (χ1n) is 6.57. The molecule has 0 fully saturated rings. The predicted molar refractivity (Wildman–Crippen MR) is 73.2 cm³/mol. The van der Waals surface area contributed by atoms with Gasteiger partial charge in [-0.25, -0.2) is 4.79 Å². The number of nitrogens with zero attached hydrogens (tertiary/aromatic N) is 4. The fourth-order valence-corrected chi connectivity index (χ4v) is 2.42. The molecule has 0 saturated heterocycles. The molecule has 7 heteroatoms. The van der Waals surface area contributed by atoms with E-state index < -0.39 is 0 Å². The fraction of sp³-hybridized carbons (Fsp3) is 0.385. The molecule has 1 unspecified atom stereocenters. The third-order valence-electron chi connectivity index (χ3n) is 3.45. The maximum absolute atomic E-state index is 11.9. The van der Waals surface area contributed by atoms with Crippen LogP contribution in [0.25, 0.3) is 0 Å². The van der Waals surface area contributed by atoms with Crippen LogP contribution in [0.2, 0.25) is 0 Å². The van der Waals surface area contributed by atoms with Gasteiger partial charge in [0.15, 0.2) is 0 Å². The first-order valence-corrected chi connectivity index (χ1v) is 6.57. The summed E-state index contributed by atoms with van der Waals surface area (Å²) >= 11 is 0. The van der Waals surface area contributed by atoms with Crippen molar-refractivity contribution < 1.29 is 4.79 Å². The number of rotatable bonds is 2. The maximum atomic E-state index is 11.9. The summed E-state index contributed by atoms with van der Waals surface area (Å²) in [5, 5.41) is 13.9. The number of nitrogens with one attached hydrogen (secondary N) is 2. The number of aromatic nitrogens is 4. The van der Waals surface area contributed by atoms with Crippen LogP contribution in [-0.4, -0.2) is 32.1 Å². The highest BCUT2D eigenvalue weighted by atomic mass is 16.2. The number of anilines is 1. The van der Waals surface area contributed by atoms with Crippen LogP contribution in [0, 0.1) is 0 Å². The van der Waals surface area contributed by atoms with Crippen LogP contribution in [0.4, 0.5) is 10.5 Å². The van der Waals surface area contributed by atoms with Gasteiger partial charge in [0.1, 0.15) is 0 Å². The molecular formula is C13H16N6O. The number of fused-ring (bicyclic) bond motifs is 1. The lowest BCUT2D eigenvalue weighted by Gasteiger charge is -2.23. The summed E-state index contributed by atoms with van der Waals surface area (Å²) in [6.07, 6.45) is 5.78. The van der Waals surface area contributed by atoms with E-state index in [2.05, 4.69) is 25.9 Å². The average Bonchev–Trinajstić information content (AvgIpc) is 2.81. The number of carbonyl (C=O) groups excluding carboxylic acids is 1.